The lowest BCUT2D eigenvalue weighted by Gasteiger charge is -2.26. The predicted molar refractivity (Wildman–Crippen MR) is 97.8 cm³/mol. The highest BCUT2D eigenvalue weighted by atomic mass is 19.1. The van der Waals surface area contributed by atoms with Crippen LogP contribution in [0.1, 0.15) is 30.0 Å². The zero-order chi connectivity index (χ0) is 19.6. The number of carbonyl (C=O) groups excluding carboxylic acids is 1. The molecule has 0 fully saturated rings. The Kier molecular flexibility index (Phi) is 5.30. The zero-order valence-electron chi connectivity index (χ0n) is 15.4. The molecule has 2 aromatic heterocycles. The SMILES string of the molecule is CC(C)N(Cc1ccc(F)c(-c2ccc(F)cc2)n1)C(=O)c1cn(C)cn1. The molecule has 5 nitrogen and oxygen atoms in total. The van der Waals surface area contributed by atoms with Crippen LogP contribution < -0.4 is 0 Å². The normalized spacial score (nSPS) is 11.0. The standard InChI is InChI=1S/C20H20F2N4O/c1-13(2)26(20(27)18-11-25(3)12-23-18)10-16-8-9-17(22)19(24-16)14-4-6-15(21)7-5-14/h4-9,11-13H,10H2,1-3H3. The van der Waals surface area contributed by atoms with Crippen molar-refractivity contribution in [1.82, 2.24) is 19.4 Å². The van der Waals surface area contributed by atoms with Crippen molar-refractivity contribution in [2.75, 3.05) is 0 Å². The summed E-state index contributed by atoms with van der Waals surface area (Å²) in [6.45, 7) is 4.00. The second-order valence-electron chi connectivity index (χ2n) is 6.59. The fraction of sp³-hybridized carbons (Fsp3) is 0.250. The van der Waals surface area contributed by atoms with Gasteiger partial charge in [-0.1, -0.05) is 0 Å². The highest BCUT2D eigenvalue weighted by Crippen LogP contribution is 2.22. The number of pyridine rings is 1. The van der Waals surface area contributed by atoms with E-state index in [1.165, 1.54) is 30.3 Å². The van der Waals surface area contributed by atoms with E-state index < -0.39 is 11.6 Å². The van der Waals surface area contributed by atoms with E-state index in [0.717, 1.165) is 0 Å². The number of hydrogen-bond donors (Lipinski definition) is 0. The quantitative estimate of drug-likeness (QED) is 0.686. The molecule has 0 saturated heterocycles. The van der Waals surface area contributed by atoms with Gasteiger partial charge in [-0.2, -0.15) is 0 Å². The Hall–Kier alpha value is -3.09. The lowest BCUT2D eigenvalue weighted by molar-refractivity contribution is 0.0682. The van der Waals surface area contributed by atoms with Gasteiger partial charge in [-0.15, -0.1) is 0 Å². The van der Waals surface area contributed by atoms with Crippen molar-refractivity contribution < 1.29 is 13.6 Å². The summed E-state index contributed by atoms with van der Waals surface area (Å²) < 4.78 is 29.1. The number of hydrogen-bond acceptors (Lipinski definition) is 3. The van der Waals surface area contributed by atoms with Crippen molar-refractivity contribution in [2.24, 2.45) is 7.05 Å². The molecule has 1 aromatic carbocycles. The fourth-order valence-electron chi connectivity index (χ4n) is 2.71. The van der Waals surface area contributed by atoms with E-state index in [4.69, 9.17) is 0 Å². The number of aryl methyl sites for hydroxylation is 1. The molecule has 1 amide bonds. The summed E-state index contributed by atoms with van der Waals surface area (Å²) in [5.41, 5.74) is 1.48. The molecule has 7 heteroatoms. The smallest absolute Gasteiger partial charge is 0.274 e. The predicted octanol–water partition coefficient (Wildman–Crippen LogP) is 3.81. The van der Waals surface area contributed by atoms with Gasteiger partial charge in [0.05, 0.1) is 18.6 Å². The van der Waals surface area contributed by atoms with Crippen LogP contribution in [0, 0.1) is 11.6 Å². The summed E-state index contributed by atoms with van der Waals surface area (Å²) in [7, 11) is 1.79. The number of carbonyl (C=O) groups is 1. The van der Waals surface area contributed by atoms with Gasteiger partial charge in [0.2, 0.25) is 0 Å². The third kappa shape index (κ3) is 4.19. The third-order valence-corrected chi connectivity index (χ3v) is 4.16. The van der Waals surface area contributed by atoms with Crippen molar-refractivity contribution in [2.45, 2.75) is 26.4 Å². The first-order valence-corrected chi connectivity index (χ1v) is 8.55. The molecule has 140 valence electrons. The lowest BCUT2D eigenvalue weighted by Crippen LogP contribution is -2.37. The Morgan fingerprint density at radius 1 is 1.15 bits per heavy atom. The Labute approximate surface area is 156 Å². The van der Waals surface area contributed by atoms with E-state index in [9.17, 15) is 13.6 Å². The van der Waals surface area contributed by atoms with Crippen molar-refractivity contribution in [3.63, 3.8) is 0 Å². The van der Waals surface area contributed by atoms with Crippen LogP contribution in [0.3, 0.4) is 0 Å². The maximum Gasteiger partial charge on any atom is 0.274 e. The summed E-state index contributed by atoms with van der Waals surface area (Å²) >= 11 is 0. The average Bonchev–Trinajstić information content (AvgIpc) is 3.07. The number of amides is 1. The van der Waals surface area contributed by atoms with Crippen LogP contribution in [0.5, 0.6) is 0 Å². The molecule has 0 N–H and O–H groups in total. The molecule has 0 atom stereocenters. The van der Waals surface area contributed by atoms with Crippen LogP contribution in [0.15, 0.2) is 48.9 Å². The van der Waals surface area contributed by atoms with Crippen LogP contribution in [0.4, 0.5) is 8.78 Å². The first kappa shape index (κ1) is 18.7. The number of benzene rings is 1. The van der Waals surface area contributed by atoms with Gasteiger partial charge in [-0.3, -0.25) is 4.79 Å². The molecule has 2 heterocycles. The monoisotopic (exact) mass is 370 g/mol. The van der Waals surface area contributed by atoms with Gasteiger partial charge in [0.25, 0.3) is 5.91 Å². The van der Waals surface area contributed by atoms with Crippen molar-refractivity contribution in [3.05, 3.63) is 71.9 Å². The molecule has 0 aliphatic carbocycles. The molecule has 3 aromatic rings. The van der Waals surface area contributed by atoms with Crippen molar-refractivity contribution in [1.29, 1.82) is 0 Å². The van der Waals surface area contributed by atoms with Gasteiger partial charge in [-0.25, -0.2) is 18.7 Å². The first-order valence-electron chi connectivity index (χ1n) is 8.55. The topological polar surface area (TPSA) is 51.0 Å². The van der Waals surface area contributed by atoms with E-state index in [1.807, 2.05) is 13.8 Å². The Morgan fingerprint density at radius 3 is 2.44 bits per heavy atom. The summed E-state index contributed by atoms with van der Waals surface area (Å²) in [4.78, 5) is 22.9. The zero-order valence-corrected chi connectivity index (χ0v) is 15.4. The van der Waals surface area contributed by atoms with E-state index in [1.54, 1.807) is 35.1 Å². The molecule has 0 spiro atoms. The number of imidazole rings is 1. The summed E-state index contributed by atoms with van der Waals surface area (Å²) in [6, 6.07) is 8.23. The van der Waals surface area contributed by atoms with Gasteiger partial charge >= 0.3 is 0 Å². The molecule has 3 rings (SSSR count). The Bertz CT molecular complexity index is 951. The van der Waals surface area contributed by atoms with Gasteiger partial charge < -0.3 is 9.47 Å². The maximum absolute atomic E-state index is 14.2. The van der Waals surface area contributed by atoms with Gasteiger partial charge in [-0.05, 0) is 50.2 Å². The van der Waals surface area contributed by atoms with Crippen LogP contribution in [0.2, 0.25) is 0 Å². The van der Waals surface area contributed by atoms with Crippen molar-refractivity contribution in [3.8, 4) is 11.3 Å². The first-order chi connectivity index (χ1) is 12.8. The molecule has 0 radical (unpaired) electrons. The van der Waals surface area contributed by atoms with Crippen LogP contribution in [0.25, 0.3) is 11.3 Å². The van der Waals surface area contributed by atoms with Crippen LogP contribution >= 0.6 is 0 Å². The van der Waals surface area contributed by atoms with E-state index in [-0.39, 0.29) is 24.2 Å². The van der Waals surface area contributed by atoms with E-state index >= 15 is 0 Å². The highest BCUT2D eigenvalue weighted by Gasteiger charge is 2.22. The molecule has 0 saturated carbocycles. The van der Waals surface area contributed by atoms with Crippen LogP contribution in [-0.2, 0) is 13.6 Å². The molecule has 0 aliphatic rings. The summed E-state index contributed by atoms with van der Waals surface area (Å²) in [5.74, 6) is -1.13. The molecular formula is C20H20F2N4O. The molecule has 0 unspecified atom stereocenters. The second-order valence-corrected chi connectivity index (χ2v) is 6.59. The molecule has 27 heavy (non-hydrogen) atoms. The number of halogens is 2. The molecule has 0 bridgehead atoms. The largest absolute Gasteiger partial charge is 0.340 e. The van der Waals surface area contributed by atoms with Crippen molar-refractivity contribution >= 4 is 5.91 Å². The molecular weight excluding hydrogens is 350 g/mol. The van der Waals surface area contributed by atoms with Gasteiger partial charge in [0.1, 0.15) is 23.0 Å². The molecule has 0 aliphatic heterocycles. The van der Waals surface area contributed by atoms with Crippen LogP contribution in [-0.4, -0.2) is 31.4 Å². The van der Waals surface area contributed by atoms with E-state index in [0.29, 0.717) is 17.0 Å². The Balaban J connectivity index is 1.89. The minimum Gasteiger partial charge on any atom is -0.340 e. The lowest BCUT2D eigenvalue weighted by atomic mass is 10.1. The van der Waals surface area contributed by atoms with E-state index in [2.05, 4.69) is 9.97 Å². The minimum absolute atomic E-state index is 0.0966. The summed E-state index contributed by atoms with van der Waals surface area (Å²) in [5, 5.41) is 0. The highest BCUT2D eigenvalue weighted by molar-refractivity contribution is 5.92. The average molecular weight is 370 g/mol. The number of aromatic nitrogens is 3. The number of nitrogens with zero attached hydrogens (tertiary/aromatic N) is 4. The second kappa shape index (κ2) is 7.65. The summed E-state index contributed by atoms with van der Waals surface area (Å²) in [6.07, 6.45) is 3.22. The maximum atomic E-state index is 14.2. The Morgan fingerprint density at radius 2 is 1.85 bits per heavy atom. The third-order valence-electron chi connectivity index (χ3n) is 4.16. The fourth-order valence-corrected chi connectivity index (χ4v) is 2.71. The number of rotatable bonds is 5. The minimum atomic E-state index is -0.502. The van der Waals surface area contributed by atoms with Gasteiger partial charge in [0, 0.05) is 24.8 Å². The van der Waals surface area contributed by atoms with Gasteiger partial charge in [0.15, 0.2) is 0 Å².